The van der Waals surface area contributed by atoms with Gasteiger partial charge in [0.15, 0.2) is 5.65 Å². The van der Waals surface area contributed by atoms with Crippen LogP contribution in [0.25, 0.3) is 22.3 Å². The van der Waals surface area contributed by atoms with Crippen molar-refractivity contribution in [1.29, 1.82) is 0 Å². The number of nitrogens with zero attached hydrogens (tertiary/aromatic N) is 6. The zero-order chi connectivity index (χ0) is 17.1. The molecule has 0 saturated carbocycles. The van der Waals surface area contributed by atoms with Gasteiger partial charge < -0.3 is 9.64 Å². The number of piperidine rings is 1. The molecule has 0 radical (unpaired) electrons. The standard InChI is InChI=1S/C18H22N6O.ClH/c1-25-16-5-6-19-11-14(16)17-15-12-22-24(18(15)21-13-20-17)10-9-23-7-3-2-4-8-23;/h5-6,11-13H,2-4,7-10H2,1H3;1H. The van der Waals surface area contributed by atoms with Crippen LogP contribution < -0.4 is 4.74 Å². The second-order valence-corrected chi connectivity index (χ2v) is 6.31. The molecule has 0 bridgehead atoms. The molecule has 1 fully saturated rings. The highest BCUT2D eigenvalue weighted by Crippen LogP contribution is 2.31. The van der Waals surface area contributed by atoms with Crippen molar-refractivity contribution < 1.29 is 4.74 Å². The molecular formula is C18H23ClN6O. The molecule has 0 N–H and O–H groups in total. The first-order valence-corrected chi connectivity index (χ1v) is 8.74. The average Bonchev–Trinajstić information content (AvgIpc) is 3.10. The molecule has 7 nitrogen and oxygen atoms in total. The number of rotatable bonds is 5. The molecule has 1 aliphatic heterocycles. The number of methoxy groups -OCH3 is 1. The second-order valence-electron chi connectivity index (χ2n) is 6.31. The van der Waals surface area contributed by atoms with E-state index in [0.717, 1.165) is 41.1 Å². The predicted octanol–water partition coefficient (Wildman–Crippen LogP) is 2.80. The van der Waals surface area contributed by atoms with Crippen molar-refractivity contribution in [3.05, 3.63) is 31.0 Å². The predicted molar refractivity (Wildman–Crippen MR) is 103 cm³/mol. The highest BCUT2D eigenvalue weighted by atomic mass is 35.5. The monoisotopic (exact) mass is 374 g/mol. The Morgan fingerprint density at radius 2 is 1.92 bits per heavy atom. The van der Waals surface area contributed by atoms with Gasteiger partial charge in [-0.2, -0.15) is 5.10 Å². The topological polar surface area (TPSA) is 69.0 Å². The molecule has 8 heteroatoms. The first kappa shape index (κ1) is 18.5. The van der Waals surface area contributed by atoms with E-state index >= 15 is 0 Å². The van der Waals surface area contributed by atoms with Crippen LogP contribution in [0, 0.1) is 0 Å². The minimum absolute atomic E-state index is 0. The van der Waals surface area contributed by atoms with Crippen LogP contribution in [0.3, 0.4) is 0 Å². The van der Waals surface area contributed by atoms with Crippen LogP contribution in [-0.2, 0) is 6.54 Å². The molecule has 0 aliphatic carbocycles. The second kappa shape index (κ2) is 8.42. The Morgan fingerprint density at radius 1 is 1.08 bits per heavy atom. The number of ether oxygens (including phenoxy) is 1. The van der Waals surface area contributed by atoms with Crippen molar-refractivity contribution in [2.45, 2.75) is 25.8 Å². The van der Waals surface area contributed by atoms with E-state index in [0.29, 0.717) is 0 Å². The fourth-order valence-electron chi connectivity index (χ4n) is 3.43. The Morgan fingerprint density at radius 3 is 2.73 bits per heavy atom. The van der Waals surface area contributed by atoms with Gasteiger partial charge in [0, 0.05) is 18.9 Å². The van der Waals surface area contributed by atoms with E-state index < -0.39 is 0 Å². The van der Waals surface area contributed by atoms with Crippen LogP contribution >= 0.6 is 12.4 Å². The summed E-state index contributed by atoms with van der Waals surface area (Å²) in [7, 11) is 1.65. The first-order chi connectivity index (χ1) is 12.4. The maximum Gasteiger partial charge on any atom is 0.161 e. The number of hydrogen-bond acceptors (Lipinski definition) is 6. The maximum absolute atomic E-state index is 5.45. The van der Waals surface area contributed by atoms with Gasteiger partial charge in [-0.05, 0) is 32.0 Å². The Labute approximate surface area is 158 Å². The smallest absolute Gasteiger partial charge is 0.161 e. The molecule has 0 atom stereocenters. The summed E-state index contributed by atoms with van der Waals surface area (Å²) in [5, 5.41) is 5.47. The van der Waals surface area contributed by atoms with E-state index in [1.165, 1.54) is 32.4 Å². The van der Waals surface area contributed by atoms with E-state index in [4.69, 9.17) is 4.74 Å². The van der Waals surface area contributed by atoms with Crippen molar-refractivity contribution in [3.63, 3.8) is 0 Å². The molecule has 138 valence electrons. The third-order valence-electron chi connectivity index (χ3n) is 4.77. The largest absolute Gasteiger partial charge is 0.496 e. The van der Waals surface area contributed by atoms with E-state index in [9.17, 15) is 0 Å². The summed E-state index contributed by atoms with van der Waals surface area (Å²) in [5.74, 6) is 0.746. The molecule has 3 aromatic heterocycles. The van der Waals surface area contributed by atoms with Crippen LogP contribution in [0.4, 0.5) is 0 Å². The number of halogens is 1. The highest BCUT2D eigenvalue weighted by molar-refractivity contribution is 5.91. The number of likely N-dealkylation sites (tertiary alicyclic amines) is 1. The van der Waals surface area contributed by atoms with Gasteiger partial charge in [-0.3, -0.25) is 4.98 Å². The molecule has 0 amide bonds. The molecule has 0 aromatic carbocycles. The lowest BCUT2D eigenvalue weighted by molar-refractivity contribution is 0.219. The molecule has 26 heavy (non-hydrogen) atoms. The number of fused-ring (bicyclic) bond motifs is 1. The summed E-state index contributed by atoms with van der Waals surface area (Å²) in [6.07, 6.45) is 10.9. The third kappa shape index (κ3) is 3.64. The normalized spacial score (nSPS) is 15.0. The van der Waals surface area contributed by atoms with Crippen LogP contribution in [0.15, 0.2) is 31.0 Å². The lowest BCUT2D eigenvalue weighted by Gasteiger charge is -2.26. The van der Waals surface area contributed by atoms with Gasteiger partial charge in [-0.15, -0.1) is 12.4 Å². The average molecular weight is 375 g/mol. The molecule has 1 saturated heterocycles. The minimum atomic E-state index is 0. The number of aromatic nitrogens is 5. The maximum atomic E-state index is 5.45. The summed E-state index contributed by atoms with van der Waals surface area (Å²) in [6.45, 7) is 4.22. The van der Waals surface area contributed by atoms with Gasteiger partial charge in [-0.1, -0.05) is 6.42 Å². The van der Waals surface area contributed by atoms with Crippen molar-refractivity contribution in [2.24, 2.45) is 0 Å². The van der Waals surface area contributed by atoms with Crippen LogP contribution in [-0.4, -0.2) is 56.4 Å². The van der Waals surface area contributed by atoms with E-state index in [1.807, 2.05) is 16.9 Å². The first-order valence-electron chi connectivity index (χ1n) is 8.74. The summed E-state index contributed by atoms with van der Waals surface area (Å²) in [4.78, 5) is 15.6. The zero-order valence-electron chi connectivity index (χ0n) is 14.8. The Bertz CT molecular complexity index is 862. The molecular weight excluding hydrogens is 352 g/mol. The summed E-state index contributed by atoms with van der Waals surface area (Å²) >= 11 is 0. The number of hydrogen-bond donors (Lipinski definition) is 0. The van der Waals surface area contributed by atoms with Crippen LogP contribution in [0.5, 0.6) is 5.75 Å². The highest BCUT2D eigenvalue weighted by Gasteiger charge is 2.16. The fraction of sp³-hybridized carbons (Fsp3) is 0.444. The van der Waals surface area contributed by atoms with Gasteiger partial charge in [0.1, 0.15) is 12.1 Å². The third-order valence-corrected chi connectivity index (χ3v) is 4.77. The van der Waals surface area contributed by atoms with Crippen molar-refractivity contribution in [3.8, 4) is 17.0 Å². The summed E-state index contributed by atoms with van der Waals surface area (Å²) in [6, 6.07) is 1.84. The molecule has 4 rings (SSSR count). The van der Waals surface area contributed by atoms with E-state index in [2.05, 4.69) is 25.0 Å². The molecule has 3 aromatic rings. The summed E-state index contributed by atoms with van der Waals surface area (Å²) < 4.78 is 7.42. The Hall–Kier alpha value is -2.25. The van der Waals surface area contributed by atoms with Gasteiger partial charge in [0.25, 0.3) is 0 Å². The van der Waals surface area contributed by atoms with Crippen molar-refractivity contribution in [1.82, 2.24) is 29.6 Å². The van der Waals surface area contributed by atoms with Gasteiger partial charge in [-0.25, -0.2) is 14.6 Å². The molecule has 1 aliphatic rings. The lowest BCUT2D eigenvalue weighted by atomic mass is 10.1. The van der Waals surface area contributed by atoms with Crippen molar-refractivity contribution >= 4 is 23.4 Å². The van der Waals surface area contributed by atoms with E-state index in [1.54, 1.807) is 25.8 Å². The fourth-order valence-corrected chi connectivity index (χ4v) is 3.43. The van der Waals surface area contributed by atoms with Crippen LogP contribution in [0.2, 0.25) is 0 Å². The molecule has 0 unspecified atom stereocenters. The van der Waals surface area contributed by atoms with Crippen LogP contribution in [0.1, 0.15) is 19.3 Å². The minimum Gasteiger partial charge on any atom is -0.496 e. The quantitative estimate of drug-likeness (QED) is 0.684. The number of pyridine rings is 1. The Kier molecular flexibility index (Phi) is 6.00. The van der Waals surface area contributed by atoms with Crippen molar-refractivity contribution in [2.75, 3.05) is 26.7 Å². The lowest BCUT2D eigenvalue weighted by Crippen LogP contribution is -2.32. The molecule has 0 spiro atoms. The zero-order valence-corrected chi connectivity index (χ0v) is 15.7. The van der Waals surface area contributed by atoms with Gasteiger partial charge >= 0.3 is 0 Å². The molecule has 4 heterocycles. The van der Waals surface area contributed by atoms with E-state index in [-0.39, 0.29) is 12.4 Å². The van der Waals surface area contributed by atoms with Gasteiger partial charge in [0.2, 0.25) is 0 Å². The van der Waals surface area contributed by atoms with Gasteiger partial charge in [0.05, 0.1) is 36.5 Å². The SMILES string of the molecule is COc1ccncc1-c1ncnc2c1cnn2CCN1CCCCC1.Cl. The Balaban J connectivity index is 0.00000196. The summed E-state index contributed by atoms with van der Waals surface area (Å²) in [5.41, 5.74) is 2.51.